The highest BCUT2D eigenvalue weighted by Crippen LogP contribution is 2.58. The van der Waals surface area contributed by atoms with E-state index in [1.54, 1.807) is 10.9 Å². The van der Waals surface area contributed by atoms with Crippen molar-refractivity contribution < 1.29 is 39.0 Å². The van der Waals surface area contributed by atoms with E-state index < -0.39 is 29.7 Å². The minimum absolute atomic E-state index is 0.264. The molecule has 1 aromatic rings. The molecule has 11 nitrogen and oxygen atoms in total. The zero-order chi connectivity index (χ0) is 23.4. The number of aromatic nitrogens is 3. The van der Waals surface area contributed by atoms with Gasteiger partial charge in [0.1, 0.15) is 29.6 Å². The fraction of sp³-hybridized carbons (Fsp3) is 0.900. The normalized spacial score (nSPS) is 35.3. The van der Waals surface area contributed by atoms with Crippen molar-refractivity contribution in [1.82, 2.24) is 15.0 Å². The summed E-state index contributed by atoms with van der Waals surface area (Å²) in [6.45, 7) is 6.40. The smallest absolute Gasteiger partial charge is 0.194 e. The summed E-state index contributed by atoms with van der Waals surface area (Å²) in [5, 5.41) is 39.5. The van der Waals surface area contributed by atoms with Gasteiger partial charge in [-0.1, -0.05) is 12.1 Å². The molecule has 3 N–H and O–H groups in total. The van der Waals surface area contributed by atoms with Crippen LogP contribution in [-0.2, 0) is 30.3 Å². The van der Waals surface area contributed by atoms with Gasteiger partial charge < -0.3 is 39.0 Å². The van der Waals surface area contributed by atoms with E-state index in [-0.39, 0.29) is 12.6 Å². The molecule has 1 aliphatic heterocycles. The highest BCUT2D eigenvalue weighted by Gasteiger charge is 2.71. The topological polar surface area (TPSA) is 138 Å². The average Bonchev–Trinajstić information content (AvgIpc) is 3.28. The van der Waals surface area contributed by atoms with Crippen molar-refractivity contribution in [1.29, 1.82) is 0 Å². The van der Waals surface area contributed by atoms with Crippen LogP contribution in [0.4, 0.5) is 0 Å². The molecule has 1 spiro atoms. The van der Waals surface area contributed by atoms with Gasteiger partial charge in [-0.3, -0.25) is 0 Å². The summed E-state index contributed by atoms with van der Waals surface area (Å²) in [5.41, 5.74) is -0.479. The van der Waals surface area contributed by atoms with Crippen molar-refractivity contribution >= 4 is 12.6 Å². The number of hydrogen-bond donors (Lipinski definition) is 4. The lowest BCUT2D eigenvalue weighted by Crippen LogP contribution is -2.65. The summed E-state index contributed by atoms with van der Waals surface area (Å²) in [7, 11) is 1.38. The first-order chi connectivity index (χ1) is 15.2. The van der Waals surface area contributed by atoms with Crippen LogP contribution in [0, 0.1) is 0 Å². The molecule has 3 unspecified atom stereocenters. The number of thiol groups is 1. The van der Waals surface area contributed by atoms with Crippen LogP contribution in [0.1, 0.15) is 38.4 Å². The van der Waals surface area contributed by atoms with Gasteiger partial charge in [0.05, 0.1) is 45.3 Å². The van der Waals surface area contributed by atoms with E-state index in [1.807, 2.05) is 6.92 Å². The van der Waals surface area contributed by atoms with Gasteiger partial charge in [-0.25, -0.2) is 4.68 Å². The molecule has 0 aromatic carbocycles. The number of aliphatic hydroxyl groups excluding tert-OH is 3. The fourth-order valence-electron chi connectivity index (χ4n) is 3.82. The number of rotatable bonds is 13. The molecule has 184 valence electrons. The first kappa shape index (κ1) is 25.8. The minimum atomic E-state index is -1.43. The monoisotopic (exact) mass is 477 g/mol. The third kappa shape index (κ3) is 5.80. The minimum Gasteiger partial charge on any atom is -0.387 e. The summed E-state index contributed by atoms with van der Waals surface area (Å²) in [6, 6.07) is -0.343. The van der Waals surface area contributed by atoms with Crippen molar-refractivity contribution in [2.24, 2.45) is 0 Å². The molecule has 1 saturated heterocycles. The predicted molar refractivity (Wildman–Crippen MR) is 115 cm³/mol. The molecular weight excluding hydrogens is 442 g/mol. The molecule has 0 bridgehead atoms. The second-order valence-electron chi connectivity index (χ2n) is 8.48. The molecule has 1 saturated carbocycles. The van der Waals surface area contributed by atoms with Crippen molar-refractivity contribution in [3.63, 3.8) is 0 Å². The van der Waals surface area contributed by atoms with Crippen molar-refractivity contribution in [3.8, 4) is 0 Å². The third-order valence-corrected chi connectivity index (χ3v) is 6.21. The first-order valence-corrected chi connectivity index (χ1v) is 11.4. The molecule has 3 rings (SSSR count). The Bertz CT molecular complexity index is 725. The quantitative estimate of drug-likeness (QED) is 0.221. The van der Waals surface area contributed by atoms with Gasteiger partial charge in [-0.05, 0) is 13.3 Å². The van der Waals surface area contributed by atoms with Crippen LogP contribution in [0.3, 0.4) is 0 Å². The van der Waals surface area contributed by atoms with E-state index in [1.165, 1.54) is 14.0 Å². The largest absolute Gasteiger partial charge is 0.387 e. The number of ether oxygens (including phenoxy) is 5. The van der Waals surface area contributed by atoms with E-state index in [0.717, 1.165) is 6.42 Å². The van der Waals surface area contributed by atoms with Crippen molar-refractivity contribution in [2.45, 2.75) is 74.3 Å². The van der Waals surface area contributed by atoms with Crippen LogP contribution in [0.5, 0.6) is 0 Å². The number of aliphatic hydroxyl groups is 3. The highest BCUT2D eigenvalue weighted by atomic mass is 32.1. The SMILES string of the molecule is CO[C@]1(C)OC2(CC2n2cc(COCCOCCOCCC(C)S)nn2)[C@@H](O)[C@H](O)[C@H]1O. The Kier molecular flexibility index (Phi) is 8.92. The van der Waals surface area contributed by atoms with E-state index in [0.29, 0.717) is 50.4 Å². The summed E-state index contributed by atoms with van der Waals surface area (Å²) in [5.74, 6) is -1.43. The molecule has 7 atom stereocenters. The molecule has 0 radical (unpaired) electrons. The summed E-state index contributed by atoms with van der Waals surface area (Å²) in [6.07, 6.45) is -1.02. The third-order valence-electron chi connectivity index (χ3n) is 5.95. The van der Waals surface area contributed by atoms with Crippen LogP contribution >= 0.6 is 12.6 Å². The zero-order valence-corrected chi connectivity index (χ0v) is 19.7. The number of hydrogen-bond acceptors (Lipinski definition) is 11. The second-order valence-corrected chi connectivity index (χ2v) is 9.36. The molecule has 1 aliphatic carbocycles. The van der Waals surface area contributed by atoms with Crippen LogP contribution in [0.15, 0.2) is 6.20 Å². The Hall–Kier alpha value is -0.830. The summed E-state index contributed by atoms with van der Waals surface area (Å²) >= 11 is 4.29. The molecule has 2 fully saturated rings. The van der Waals surface area contributed by atoms with Crippen LogP contribution in [0.25, 0.3) is 0 Å². The second kappa shape index (κ2) is 11.1. The molecule has 2 aliphatic rings. The Morgan fingerprint density at radius 1 is 1.16 bits per heavy atom. The van der Waals surface area contributed by atoms with E-state index in [9.17, 15) is 15.3 Å². The average molecular weight is 478 g/mol. The summed E-state index contributed by atoms with van der Waals surface area (Å²) in [4.78, 5) is 0. The van der Waals surface area contributed by atoms with Crippen molar-refractivity contribution in [2.75, 3.05) is 40.1 Å². The lowest BCUT2D eigenvalue weighted by atomic mass is 9.91. The fourth-order valence-corrected chi connectivity index (χ4v) is 3.93. The van der Waals surface area contributed by atoms with Crippen molar-refractivity contribution in [3.05, 3.63) is 11.9 Å². The van der Waals surface area contributed by atoms with Gasteiger partial charge in [0, 0.05) is 25.4 Å². The van der Waals surface area contributed by atoms with Gasteiger partial charge in [-0.15, -0.1) is 5.10 Å². The highest BCUT2D eigenvalue weighted by molar-refractivity contribution is 7.80. The van der Waals surface area contributed by atoms with Gasteiger partial charge in [-0.2, -0.15) is 12.6 Å². The van der Waals surface area contributed by atoms with Gasteiger partial charge in [0.2, 0.25) is 0 Å². The summed E-state index contributed by atoms with van der Waals surface area (Å²) < 4.78 is 29.2. The maximum Gasteiger partial charge on any atom is 0.194 e. The van der Waals surface area contributed by atoms with Crippen LogP contribution in [-0.4, -0.2) is 105 Å². The maximum absolute atomic E-state index is 10.5. The molecule has 0 amide bonds. The molecule has 1 aromatic heterocycles. The molecule has 32 heavy (non-hydrogen) atoms. The standard InChI is InChI=1S/C20H35N3O8S/c1-13(32)4-5-28-6-7-29-8-9-30-12-14-11-23(22-21-14)15-10-20(15)18(26)16(24)17(25)19(2,27-3)31-20/h11,13,15-18,24-26,32H,4-10,12H2,1-3H3/t13?,15?,16-,17-,18+,19-,20?/m1/s1. The Morgan fingerprint density at radius 2 is 1.81 bits per heavy atom. The zero-order valence-electron chi connectivity index (χ0n) is 18.8. The van der Waals surface area contributed by atoms with Gasteiger partial charge in [0.15, 0.2) is 5.79 Å². The van der Waals surface area contributed by atoms with E-state index >= 15 is 0 Å². The Labute approximate surface area is 193 Å². The predicted octanol–water partition coefficient (Wildman–Crippen LogP) is -0.305. The first-order valence-electron chi connectivity index (χ1n) is 10.8. The molecule has 12 heteroatoms. The number of methoxy groups -OCH3 is 1. The van der Waals surface area contributed by atoms with Crippen LogP contribution in [0.2, 0.25) is 0 Å². The van der Waals surface area contributed by atoms with E-state index in [2.05, 4.69) is 22.9 Å². The van der Waals surface area contributed by atoms with Gasteiger partial charge >= 0.3 is 0 Å². The molecular formula is C20H35N3O8S. The lowest BCUT2D eigenvalue weighted by molar-refractivity contribution is -0.357. The van der Waals surface area contributed by atoms with Gasteiger partial charge in [0.25, 0.3) is 0 Å². The Morgan fingerprint density at radius 3 is 2.47 bits per heavy atom. The van der Waals surface area contributed by atoms with E-state index in [4.69, 9.17) is 23.7 Å². The lowest BCUT2D eigenvalue weighted by Gasteiger charge is -2.47. The van der Waals surface area contributed by atoms with Crippen LogP contribution < -0.4 is 0 Å². The molecule has 2 heterocycles. The number of nitrogens with zero attached hydrogens (tertiary/aromatic N) is 3. The Balaban J connectivity index is 1.38. The maximum atomic E-state index is 10.5.